The molecule has 1 aliphatic carbocycles. The Kier molecular flexibility index (Phi) is 4.56. The van der Waals surface area contributed by atoms with E-state index < -0.39 is 0 Å². The molecule has 0 atom stereocenters. The highest BCUT2D eigenvalue weighted by Crippen LogP contribution is 2.17. The zero-order chi connectivity index (χ0) is 11.2. The van der Waals surface area contributed by atoms with E-state index in [1.807, 2.05) is 5.01 Å². The summed E-state index contributed by atoms with van der Waals surface area (Å²) in [6.45, 7) is 3.42. The molecule has 1 aliphatic heterocycles. The number of nitrogens with zero attached hydrogens (tertiary/aromatic N) is 1. The average Bonchev–Trinajstić information content (AvgIpc) is 2.81. The lowest BCUT2D eigenvalue weighted by molar-refractivity contribution is -0.127. The van der Waals surface area contributed by atoms with E-state index in [1.54, 1.807) is 0 Å². The van der Waals surface area contributed by atoms with Gasteiger partial charge in [0.2, 0.25) is 5.91 Å². The molecule has 2 rings (SSSR count). The van der Waals surface area contributed by atoms with Crippen LogP contribution < -0.4 is 10.7 Å². The second-order valence-corrected chi connectivity index (χ2v) is 4.50. The first kappa shape index (κ1) is 11.8. The highest BCUT2D eigenvalue weighted by Gasteiger charge is 2.17. The Labute approximate surface area is 96.5 Å². The van der Waals surface area contributed by atoms with Crippen molar-refractivity contribution in [1.29, 1.82) is 0 Å². The van der Waals surface area contributed by atoms with Crippen molar-refractivity contribution in [2.45, 2.75) is 31.7 Å². The Morgan fingerprint density at radius 3 is 2.62 bits per heavy atom. The number of hydrogen-bond acceptors (Lipinski definition) is 4. The van der Waals surface area contributed by atoms with Gasteiger partial charge in [0.05, 0.1) is 19.8 Å². The predicted octanol–water partition coefficient (Wildman–Crippen LogP) is -0.118. The molecule has 0 aromatic heterocycles. The minimum absolute atomic E-state index is 0.0637. The summed E-state index contributed by atoms with van der Waals surface area (Å²) in [6.07, 6.45) is 5.02. The normalized spacial score (nSPS) is 23.5. The molecule has 2 fully saturated rings. The van der Waals surface area contributed by atoms with Gasteiger partial charge in [0.25, 0.3) is 0 Å². The Hall–Kier alpha value is -0.650. The van der Waals surface area contributed by atoms with Crippen molar-refractivity contribution < 1.29 is 9.53 Å². The van der Waals surface area contributed by atoms with Crippen LogP contribution in [0.4, 0.5) is 0 Å². The number of morpholine rings is 1. The molecule has 5 nitrogen and oxygen atoms in total. The van der Waals surface area contributed by atoms with E-state index in [2.05, 4.69) is 10.7 Å². The zero-order valence-corrected chi connectivity index (χ0v) is 9.71. The molecule has 1 saturated carbocycles. The van der Waals surface area contributed by atoms with Crippen molar-refractivity contribution >= 4 is 5.91 Å². The molecule has 2 aliphatic rings. The lowest BCUT2D eigenvalue weighted by Crippen LogP contribution is -2.51. The number of ether oxygens (including phenoxy) is 1. The molecule has 0 aromatic rings. The van der Waals surface area contributed by atoms with E-state index in [0.29, 0.717) is 25.8 Å². The lowest BCUT2D eigenvalue weighted by atomic mass is 10.2. The number of nitrogens with one attached hydrogen (secondary N) is 2. The molecule has 0 aromatic carbocycles. The van der Waals surface area contributed by atoms with Gasteiger partial charge >= 0.3 is 0 Å². The maximum absolute atomic E-state index is 11.6. The minimum atomic E-state index is 0.0637. The van der Waals surface area contributed by atoms with E-state index in [-0.39, 0.29) is 5.91 Å². The van der Waals surface area contributed by atoms with Crippen LogP contribution in [0.5, 0.6) is 0 Å². The summed E-state index contributed by atoms with van der Waals surface area (Å²) in [5.41, 5.74) is 2.89. The van der Waals surface area contributed by atoms with Gasteiger partial charge in [0.15, 0.2) is 0 Å². The van der Waals surface area contributed by atoms with E-state index in [9.17, 15) is 4.79 Å². The summed E-state index contributed by atoms with van der Waals surface area (Å²) in [4.78, 5) is 11.6. The van der Waals surface area contributed by atoms with Gasteiger partial charge in [-0.05, 0) is 12.8 Å². The number of carbonyl (C=O) groups is 1. The van der Waals surface area contributed by atoms with Gasteiger partial charge in [-0.2, -0.15) is 0 Å². The maximum atomic E-state index is 11.6. The second-order valence-electron chi connectivity index (χ2n) is 4.50. The van der Waals surface area contributed by atoms with Gasteiger partial charge in [-0.25, -0.2) is 5.01 Å². The van der Waals surface area contributed by atoms with Crippen LogP contribution in [0.2, 0.25) is 0 Å². The smallest absolute Gasteiger partial charge is 0.248 e. The third-order valence-electron chi connectivity index (χ3n) is 3.20. The predicted molar refractivity (Wildman–Crippen MR) is 60.8 cm³/mol. The van der Waals surface area contributed by atoms with Gasteiger partial charge < -0.3 is 10.1 Å². The summed E-state index contributed by atoms with van der Waals surface area (Å²) in [5, 5.41) is 5.23. The first-order valence-electron chi connectivity index (χ1n) is 6.20. The number of hydrazine groups is 1. The van der Waals surface area contributed by atoms with Crippen LogP contribution in [0.1, 0.15) is 25.7 Å². The SMILES string of the molecule is O=C(CNC1CCCC1)NN1CCOCC1. The Morgan fingerprint density at radius 2 is 1.94 bits per heavy atom. The molecule has 2 N–H and O–H groups in total. The molecule has 0 bridgehead atoms. The molecule has 92 valence electrons. The van der Waals surface area contributed by atoms with E-state index in [4.69, 9.17) is 4.74 Å². The van der Waals surface area contributed by atoms with E-state index >= 15 is 0 Å². The molecule has 5 heteroatoms. The fraction of sp³-hybridized carbons (Fsp3) is 0.909. The number of hydrogen-bond donors (Lipinski definition) is 2. The van der Waals surface area contributed by atoms with Gasteiger partial charge in [-0.15, -0.1) is 0 Å². The molecule has 0 unspecified atom stereocenters. The molecule has 0 radical (unpaired) electrons. The van der Waals surface area contributed by atoms with Crippen LogP contribution in [0.3, 0.4) is 0 Å². The van der Waals surface area contributed by atoms with Crippen LogP contribution in [-0.2, 0) is 9.53 Å². The number of amides is 1. The van der Waals surface area contributed by atoms with Crippen LogP contribution in [-0.4, -0.2) is 49.8 Å². The number of carbonyl (C=O) groups excluding carboxylic acids is 1. The summed E-state index contributed by atoms with van der Waals surface area (Å²) in [7, 11) is 0. The average molecular weight is 227 g/mol. The first-order valence-corrected chi connectivity index (χ1v) is 6.20. The van der Waals surface area contributed by atoms with Crippen molar-refractivity contribution in [3.8, 4) is 0 Å². The zero-order valence-electron chi connectivity index (χ0n) is 9.71. The van der Waals surface area contributed by atoms with Gasteiger partial charge in [-0.3, -0.25) is 10.2 Å². The fourth-order valence-electron chi connectivity index (χ4n) is 2.26. The lowest BCUT2D eigenvalue weighted by Gasteiger charge is -2.27. The van der Waals surface area contributed by atoms with E-state index in [0.717, 1.165) is 13.1 Å². The molecule has 1 heterocycles. The second kappa shape index (κ2) is 6.18. The van der Waals surface area contributed by atoms with Crippen LogP contribution in [0, 0.1) is 0 Å². The van der Waals surface area contributed by atoms with E-state index in [1.165, 1.54) is 25.7 Å². The summed E-state index contributed by atoms with van der Waals surface area (Å²) >= 11 is 0. The molecular weight excluding hydrogens is 206 g/mol. The Morgan fingerprint density at radius 1 is 1.25 bits per heavy atom. The molecule has 1 saturated heterocycles. The van der Waals surface area contributed by atoms with Crippen LogP contribution >= 0.6 is 0 Å². The first-order chi connectivity index (χ1) is 7.84. The molecule has 16 heavy (non-hydrogen) atoms. The number of rotatable bonds is 4. The van der Waals surface area contributed by atoms with Crippen molar-refractivity contribution in [2.75, 3.05) is 32.8 Å². The Balaban J connectivity index is 1.59. The fourth-order valence-corrected chi connectivity index (χ4v) is 2.26. The third-order valence-corrected chi connectivity index (χ3v) is 3.20. The Bertz CT molecular complexity index is 223. The minimum Gasteiger partial charge on any atom is -0.379 e. The molecule has 1 amide bonds. The van der Waals surface area contributed by atoms with Crippen molar-refractivity contribution in [3.05, 3.63) is 0 Å². The van der Waals surface area contributed by atoms with Crippen molar-refractivity contribution in [2.24, 2.45) is 0 Å². The summed E-state index contributed by atoms with van der Waals surface area (Å²) in [5.74, 6) is 0.0637. The monoisotopic (exact) mass is 227 g/mol. The highest BCUT2D eigenvalue weighted by molar-refractivity contribution is 5.77. The van der Waals surface area contributed by atoms with Gasteiger partial charge in [0.1, 0.15) is 0 Å². The standard InChI is InChI=1S/C11H21N3O2/c15-11(9-12-10-3-1-2-4-10)13-14-5-7-16-8-6-14/h10,12H,1-9H2,(H,13,15). The van der Waals surface area contributed by atoms with Crippen LogP contribution in [0.25, 0.3) is 0 Å². The van der Waals surface area contributed by atoms with Crippen molar-refractivity contribution in [3.63, 3.8) is 0 Å². The molecular formula is C11H21N3O2. The highest BCUT2D eigenvalue weighted by atomic mass is 16.5. The van der Waals surface area contributed by atoms with Crippen LogP contribution in [0.15, 0.2) is 0 Å². The molecule has 0 spiro atoms. The quantitative estimate of drug-likeness (QED) is 0.703. The third kappa shape index (κ3) is 3.73. The van der Waals surface area contributed by atoms with Crippen molar-refractivity contribution in [1.82, 2.24) is 15.8 Å². The topological polar surface area (TPSA) is 53.6 Å². The largest absolute Gasteiger partial charge is 0.379 e. The summed E-state index contributed by atoms with van der Waals surface area (Å²) in [6, 6.07) is 0.551. The van der Waals surface area contributed by atoms with Gasteiger partial charge in [0, 0.05) is 19.1 Å². The maximum Gasteiger partial charge on any atom is 0.248 e. The van der Waals surface area contributed by atoms with Gasteiger partial charge in [-0.1, -0.05) is 12.8 Å². The summed E-state index contributed by atoms with van der Waals surface area (Å²) < 4.78 is 5.21.